The molecule has 0 saturated carbocycles. The topological polar surface area (TPSA) is 44.8 Å². The molecular weight excluding hydrogens is 268 g/mol. The fourth-order valence-corrected chi connectivity index (χ4v) is 1.81. The fraction of sp³-hybridized carbons (Fsp3) is 0.118. The van der Waals surface area contributed by atoms with E-state index in [2.05, 4.69) is 0 Å². The van der Waals surface area contributed by atoms with Crippen molar-refractivity contribution in [2.24, 2.45) is 0 Å². The Kier molecular flexibility index (Phi) is 4.99. The van der Waals surface area contributed by atoms with Crippen molar-refractivity contribution in [2.45, 2.75) is 0 Å². The van der Waals surface area contributed by atoms with E-state index in [9.17, 15) is 4.79 Å². The number of esters is 1. The van der Waals surface area contributed by atoms with Crippen LogP contribution in [0, 0.1) is 0 Å². The van der Waals surface area contributed by atoms with Gasteiger partial charge in [0.1, 0.15) is 5.75 Å². The average molecular weight is 284 g/mol. The SMILES string of the molecule is COc1ccccc1C=CC(=O)Oc1ccccc1OC. The molecule has 2 aromatic rings. The molecule has 0 radical (unpaired) electrons. The van der Waals surface area contributed by atoms with Gasteiger partial charge in [0, 0.05) is 11.6 Å². The number of carbonyl (C=O) groups is 1. The van der Waals surface area contributed by atoms with Crippen LogP contribution in [0.25, 0.3) is 6.08 Å². The molecule has 0 saturated heterocycles. The third kappa shape index (κ3) is 3.86. The van der Waals surface area contributed by atoms with Crippen LogP contribution in [-0.4, -0.2) is 20.2 Å². The molecule has 0 spiro atoms. The molecule has 0 aliphatic heterocycles. The second-order valence-electron chi connectivity index (χ2n) is 4.15. The average Bonchev–Trinajstić information content (AvgIpc) is 2.53. The summed E-state index contributed by atoms with van der Waals surface area (Å²) in [4.78, 5) is 11.8. The monoisotopic (exact) mass is 284 g/mol. The van der Waals surface area contributed by atoms with Crippen molar-refractivity contribution in [3.63, 3.8) is 0 Å². The van der Waals surface area contributed by atoms with Gasteiger partial charge in [-0.05, 0) is 24.3 Å². The van der Waals surface area contributed by atoms with E-state index in [1.54, 1.807) is 37.5 Å². The van der Waals surface area contributed by atoms with Crippen molar-refractivity contribution in [3.05, 3.63) is 60.2 Å². The van der Waals surface area contributed by atoms with E-state index in [0.717, 1.165) is 5.56 Å². The number of methoxy groups -OCH3 is 2. The molecule has 2 aromatic carbocycles. The van der Waals surface area contributed by atoms with Gasteiger partial charge in [0.25, 0.3) is 0 Å². The molecule has 4 nitrogen and oxygen atoms in total. The van der Waals surface area contributed by atoms with Crippen LogP contribution in [0.4, 0.5) is 0 Å². The maximum atomic E-state index is 11.8. The number of benzene rings is 2. The molecule has 0 aliphatic carbocycles. The summed E-state index contributed by atoms with van der Waals surface area (Å²) in [5.41, 5.74) is 0.803. The zero-order valence-electron chi connectivity index (χ0n) is 11.9. The lowest BCUT2D eigenvalue weighted by molar-refractivity contribution is -0.129. The van der Waals surface area contributed by atoms with Crippen molar-refractivity contribution in [1.82, 2.24) is 0 Å². The van der Waals surface area contributed by atoms with Gasteiger partial charge in [0.15, 0.2) is 11.5 Å². The van der Waals surface area contributed by atoms with Crippen LogP contribution in [0.15, 0.2) is 54.6 Å². The predicted octanol–water partition coefficient (Wildman–Crippen LogP) is 3.32. The molecule has 21 heavy (non-hydrogen) atoms. The van der Waals surface area contributed by atoms with E-state index in [4.69, 9.17) is 14.2 Å². The largest absolute Gasteiger partial charge is 0.496 e. The Hall–Kier alpha value is -2.75. The number of para-hydroxylation sites is 3. The summed E-state index contributed by atoms with van der Waals surface area (Å²) in [5, 5.41) is 0. The smallest absolute Gasteiger partial charge is 0.336 e. The van der Waals surface area contributed by atoms with Gasteiger partial charge < -0.3 is 14.2 Å². The molecule has 108 valence electrons. The van der Waals surface area contributed by atoms with E-state index in [1.807, 2.05) is 24.3 Å². The van der Waals surface area contributed by atoms with E-state index < -0.39 is 5.97 Å². The molecule has 0 heterocycles. The molecule has 0 unspecified atom stereocenters. The van der Waals surface area contributed by atoms with Gasteiger partial charge in [-0.1, -0.05) is 30.3 Å². The summed E-state index contributed by atoms with van der Waals surface area (Å²) in [6.45, 7) is 0. The molecule has 0 fully saturated rings. The second-order valence-corrected chi connectivity index (χ2v) is 4.15. The Bertz CT molecular complexity index is 647. The zero-order chi connectivity index (χ0) is 15.1. The minimum absolute atomic E-state index is 0.384. The number of carbonyl (C=O) groups excluding carboxylic acids is 1. The molecule has 0 bridgehead atoms. The van der Waals surface area contributed by atoms with Crippen LogP contribution >= 0.6 is 0 Å². The standard InChI is InChI=1S/C17H16O4/c1-19-14-8-4-3-7-13(14)11-12-17(18)21-16-10-6-5-9-15(16)20-2/h3-12H,1-2H3. The Morgan fingerprint density at radius 3 is 2.10 bits per heavy atom. The highest BCUT2D eigenvalue weighted by Gasteiger charge is 2.06. The van der Waals surface area contributed by atoms with Gasteiger partial charge in [0.2, 0.25) is 0 Å². The maximum absolute atomic E-state index is 11.8. The van der Waals surface area contributed by atoms with Crippen LogP contribution in [0.1, 0.15) is 5.56 Å². The summed E-state index contributed by atoms with van der Waals surface area (Å²) in [6.07, 6.45) is 3.00. The lowest BCUT2D eigenvalue weighted by Gasteiger charge is -2.07. The number of ether oxygens (including phenoxy) is 3. The van der Waals surface area contributed by atoms with Gasteiger partial charge in [-0.2, -0.15) is 0 Å². The summed E-state index contributed by atoms with van der Waals surface area (Å²) < 4.78 is 15.6. The van der Waals surface area contributed by atoms with Crippen LogP contribution in [0.2, 0.25) is 0 Å². The highest BCUT2D eigenvalue weighted by atomic mass is 16.6. The Morgan fingerprint density at radius 1 is 0.857 bits per heavy atom. The van der Waals surface area contributed by atoms with Gasteiger partial charge in [-0.15, -0.1) is 0 Å². The van der Waals surface area contributed by atoms with E-state index in [-0.39, 0.29) is 0 Å². The van der Waals surface area contributed by atoms with E-state index in [1.165, 1.54) is 13.2 Å². The number of hydrogen-bond acceptors (Lipinski definition) is 4. The van der Waals surface area contributed by atoms with Gasteiger partial charge in [-0.25, -0.2) is 4.79 Å². The van der Waals surface area contributed by atoms with Gasteiger partial charge in [-0.3, -0.25) is 0 Å². The predicted molar refractivity (Wildman–Crippen MR) is 80.7 cm³/mol. The quantitative estimate of drug-likeness (QED) is 0.480. The lowest BCUT2D eigenvalue weighted by atomic mass is 10.2. The van der Waals surface area contributed by atoms with Crippen molar-refractivity contribution in [1.29, 1.82) is 0 Å². The lowest BCUT2D eigenvalue weighted by Crippen LogP contribution is -2.04. The third-order valence-corrected chi connectivity index (χ3v) is 2.82. The molecule has 0 N–H and O–H groups in total. The first kappa shape index (κ1) is 14.7. The summed E-state index contributed by atoms with van der Waals surface area (Å²) in [6, 6.07) is 14.4. The maximum Gasteiger partial charge on any atom is 0.336 e. The van der Waals surface area contributed by atoms with Crippen molar-refractivity contribution in [2.75, 3.05) is 14.2 Å². The van der Waals surface area contributed by atoms with Crippen LogP contribution < -0.4 is 14.2 Å². The first-order chi connectivity index (χ1) is 10.2. The Balaban J connectivity index is 2.09. The Labute approximate surface area is 123 Å². The normalized spacial score (nSPS) is 10.4. The van der Waals surface area contributed by atoms with Gasteiger partial charge in [0.05, 0.1) is 14.2 Å². The number of hydrogen-bond donors (Lipinski definition) is 0. The van der Waals surface area contributed by atoms with Crippen LogP contribution in [0.3, 0.4) is 0 Å². The van der Waals surface area contributed by atoms with Crippen LogP contribution in [-0.2, 0) is 4.79 Å². The second kappa shape index (κ2) is 7.14. The van der Waals surface area contributed by atoms with Crippen molar-refractivity contribution < 1.29 is 19.0 Å². The number of rotatable bonds is 5. The zero-order valence-corrected chi connectivity index (χ0v) is 11.9. The molecule has 4 heteroatoms. The molecule has 0 aliphatic rings. The van der Waals surface area contributed by atoms with Gasteiger partial charge >= 0.3 is 5.97 Å². The first-order valence-electron chi connectivity index (χ1n) is 6.40. The first-order valence-corrected chi connectivity index (χ1v) is 6.40. The molecule has 0 aromatic heterocycles. The Morgan fingerprint density at radius 2 is 1.43 bits per heavy atom. The molecule has 0 amide bonds. The summed E-state index contributed by atoms with van der Waals surface area (Å²) in [7, 11) is 3.11. The minimum atomic E-state index is -0.481. The highest BCUT2D eigenvalue weighted by molar-refractivity contribution is 5.89. The fourth-order valence-electron chi connectivity index (χ4n) is 1.81. The molecule has 2 rings (SSSR count). The van der Waals surface area contributed by atoms with E-state index in [0.29, 0.717) is 17.2 Å². The van der Waals surface area contributed by atoms with Crippen molar-refractivity contribution >= 4 is 12.0 Å². The van der Waals surface area contributed by atoms with Crippen molar-refractivity contribution in [3.8, 4) is 17.2 Å². The molecule has 0 atom stereocenters. The molecular formula is C17H16O4. The summed E-state index contributed by atoms with van der Waals surface area (Å²) >= 11 is 0. The summed E-state index contributed by atoms with van der Waals surface area (Å²) in [5.74, 6) is 1.11. The third-order valence-electron chi connectivity index (χ3n) is 2.82. The minimum Gasteiger partial charge on any atom is -0.496 e. The van der Waals surface area contributed by atoms with Crippen LogP contribution in [0.5, 0.6) is 17.2 Å². The highest BCUT2D eigenvalue weighted by Crippen LogP contribution is 2.26. The van der Waals surface area contributed by atoms with E-state index >= 15 is 0 Å².